The topological polar surface area (TPSA) is 88.1 Å². The van der Waals surface area contributed by atoms with E-state index in [-0.39, 0.29) is 5.97 Å². The first-order valence-electron chi connectivity index (χ1n) is 14.9. The lowest BCUT2D eigenvalue weighted by Crippen LogP contribution is -2.26. The van der Waals surface area contributed by atoms with Gasteiger partial charge in [-0.3, -0.25) is 0 Å². The third kappa shape index (κ3) is 10.8. The lowest BCUT2D eigenvalue weighted by atomic mass is 10.0. The van der Waals surface area contributed by atoms with Crippen LogP contribution in [-0.2, 0) is 14.3 Å². The summed E-state index contributed by atoms with van der Waals surface area (Å²) in [5.41, 5.74) is 2.68. The highest BCUT2D eigenvalue weighted by atomic mass is 16.6. The molecule has 0 aliphatic carbocycles. The molecule has 0 spiro atoms. The maximum atomic E-state index is 12.6. The summed E-state index contributed by atoms with van der Waals surface area (Å²) >= 11 is 0. The van der Waals surface area contributed by atoms with E-state index in [9.17, 15) is 14.4 Å². The van der Waals surface area contributed by atoms with Gasteiger partial charge in [0.2, 0.25) is 0 Å². The summed E-state index contributed by atoms with van der Waals surface area (Å²) in [5.74, 6) is -0.598. The second kappa shape index (κ2) is 17.8. The molecule has 0 aromatic heterocycles. The fraction of sp³-hybridized carbons (Fsp3) is 0.400. The average molecular weight is 575 g/mol. The van der Waals surface area contributed by atoms with Gasteiger partial charge >= 0.3 is 17.9 Å². The quantitative estimate of drug-likeness (QED) is 0.0912. The Labute approximate surface area is 249 Å². The van der Waals surface area contributed by atoms with Crippen molar-refractivity contribution in [3.63, 3.8) is 0 Å². The predicted molar refractivity (Wildman–Crippen MR) is 163 cm³/mol. The number of hydrogen-bond acceptors (Lipinski definition) is 7. The Bertz CT molecular complexity index is 1250. The average Bonchev–Trinajstić information content (AvgIpc) is 3.01. The van der Waals surface area contributed by atoms with Crippen LogP contribution in [0.25, 0.3) is 11.1 Å². The maximum absolute atomic E-state index is 12.6. The molecule has 7 nitrogen and oxygen atoms in total. The molecule has 3 aromatic rings. The molecule has 0 unspecified atom stereocenters. The number of carbonyl (C=O) groups is 3. The first-order valence-corrected chi connectivity index (χ1v) is 14.9. The van der Waals surface area contributed by atoms with E-state index in [1.807, 2.05) is 24.3 Å². The van der Waals surface area contributed by atoms with Gasteiger partial charge in [0, 0.05) is 6.61 Å². The van der Waals surface area contributed by atoms with E-state index in [0.29, 0.717) is 35.8 Å². The predicted octanol–water partition coefficient (Wildman–Crippen LogP) is 8.20. The Kier molecular flexibility index (Phi) is 13.8. The SMILES string of the molecule is CCCCCCOC(=O)c1ccc(-c2ccc(OC(=O)c3ccc(OC(=O)[C@H](C)OCCCCCC)cc3)cc2)cc1. The van der Waals surface area contributed by atoms with Crippen LogP contribution in [0.2, 0.25) is 0 Å². The van der Waals surface area contributed by atoms with Gasteiger partial charge in [-0.2, -0.15) is 0 Å². The molecule has 3 aromatic carbocycles. The van der Waals surface area contributed by atoms with Crippen LogP contribution in [0.5, 0.6) is 11.5 Å². The Morgan fingerprint density at radius 3 is 1.64 bits per heavy atom. The second-order valence-corrected chi connectivity index (χ2v) is 10.2. The van der Waals surface area contributed by atoms with Crippen LogP contribution in [0.1, 0.15) is 92.9 Å². The van der Waals surface area contributed by atoms with Gasteiger partial charge in [-0.05, 0) is 79.4 Å². The van der Waals surface area contributed by atoms with Crippen LogP contribution in [-0.4, -0.2) is 37.2 Å². The Hall–Kier alpha value is -3.97. The summed E-state index contributed by atoms with van der Waals surface area (Å²) in [5, 5.41) is 0. The summed E-state index contributed by atoms with van der Waals surface area (Å²) in [6.07, 6.45) is 7.84. The Balaban J connectivity index is 1.46. The van der Waals surface area contributed by atoms with Crippen LogP contribution in [0.3, 0.4) is 0 Å². The van der Waals surface area contributed by atoms with Crippen LogP contribution in [0.15, 0.2) is 72.8 Å². The van der Waals surface area contributed by atoms with Crippen LogP contribution < -0.4 is 9.47 Å². The molecule has 3 rings (SSSR count). The van der Waals surface area contributed by atoms with Gasteiger partial charge in [0.25, 0.3) is 0 Å². The smallest absolute Gasteiger partial charge is 0.343 e. The molecule has 0 amide bonds. The van der Waals surface area contributed by atoms with Gasteiger partial charge in [0.15, 0.2) is 6.10 Å². The Morgan fingerprint density at radius 2 is 1.05 bits per heavy atom. The fourth-order valence-corrected chi connectivity index (χ4v) is 4.17. The summed E-state index contributed by atoms with van der Waals surface area (Å²) in [4.78, 5) is 37.2. The highest BCUT2D eigenvalue weighted by molar-refractivity contribution is 5.91. The van der Waals surface area contributed by atoms with Gasteiger partial charge in [-0.1, -0.05) is 76.6 Å². The molecule has 0 aliphatic rings. The molecule has 0 aliphatic heterocycles. The summed E-state index contributed by atoms with van der Waals surface area (Å²) in [6, 6.07) is 20.6. The third-order valence-corrected chi connectivity index (χ3v) is 6.76. The molecule has 42 heavy (non-hydrogen) atoms. The van der Waals surface area contributed by atoms with E-state index in [1.165, 1.54) is 0 Å². The molecule has 0 fully saturated rings. The lowest BCUT2D eigenvalue weighted by molar-refractivity contribution is -0.146. The van der Waals surface area contributed by atoms with Gasteiger partial charge in [0.05, 0.1) is 17.7 Å². The van der Waals surface area contributed by atoms with Gasteiger partial charge in [0.1, 0.15) is 11.5 Å². The van der Waals surface area contributed by atoms with E-state index < -0.39 is 18.0 Å². The van der Waals surface area contributed by atoms with E-state index in [1.54, 1.807) is 55.5 Å². The number of unbranched alkanes of at least 4 members (excludes halogenated alkanes) is 6. The largest absolute Gasteiger partial charge is 0.462 e. The fourth-order valence-electron chi connectivity index (χ4n) is 4.17. The van der Waals surface area contributed by atoms with E-state index in [2.05, 4.69) is 13.8 Å². The van der Waals surface area contributed by atoms with E-state index >= 15 is 0 Å². The maximum Gasteiger partial charge on any atom is 0.343 e. The zero-order valence-corrected chi connectivity index (χ0v) is 24.9. The van der Waals surface area contributed by atoms with Crippen LogP contribution in [0, 0.1) is 0 Å². The zero-order chi connectivity index (χ0) is 30.2. The molecule has 0 bridgehead atoms. The van der Waals surface area contributed by atoms with Crippen molar-refractivity contribution < 1.29 is 33.3 Å². The molecule has 0 N–H and O–H groups in total. The highest BCUT2D eigenvalue weighted by Crippen LogP contribution is 2.24. The first-order chi connectivity index (χ1) is 20.4. The number of rotatable bonds is 17. The van der Waals surface area contributed by atoms with Gasteiger partial charge < -0.3 is 18.9 Å². The number of carbonyl (C=O) groups excluding carboxylic acids is 3. The van der Waals surface area contributed by atoms with Gasteiger partial charge in [-0.15, -0.1) is 0 Å². The van der Waals surface area contributed by atoms with Crippen LogP contribution >= 0.6 is 0 Å². The van der Waals surface area contributed by atoms with E-state index in [4.69, 9.17) is 18.9 Å². The number of hydrogen-bond donors (Lipinski definition) is 0. The van der Waals surface area contributed by atoms with Crippen molar-refractivity contribution in [1.29, 1.82) is 0 Å². The highest BCUT2D eigenvalue weighted by Gasteiger charge is 2.17. The minimum atomic E-state index is -0.668. The molecule has 224 valence electrons. The van der Waals surface area contributed by atoms with Crippen molar-refractivity contribution in [2.75, 3.05) is 13.2 Å². The number of esters is 3. The Morgan fingerprint density at radius 1 is 0.571 bits per heavy atom. The monoisotopic (exact) mass is 574 g/mol. The summed E-state index contributed by atoms with van der Waals surface area (Å²) in [7, 11) is 0. The van der Waals surface area contributed by atoms with Crippen molar-refractivity contribution in [3.05, 3.63) is 83.9 Å². The lowest BCUT2D eigenvalue weighted by Gasteiger charge is -2.12. The van der Waals surface area contributed by atoms with Gasteiger partial charge in [-0.25, -0.2) is 14.4 Å². The third-order valence-electron chi connectivity index (χ3n) is 6.76. The van der Waals surface area contributed by atoms with Crippen molar-refractivity contribution >= 4 is 17.9 Å². The zero-order valence-electron chi connectivity index (χ0n) is 24.9. The number of ether oxygens (including phenoxy) is 4. The number of benzene rings is 3. The van der Waals surface area contributed by atoms with Crippen LogP contribution in [0.4, 0.5) is 0 Å². The van der Waals surface area contributed by atoms with E-state index in [0.717, 1.165) is 62.5 Å². The van der Waals surface area contributed by atoms with Crippen molar-refractivity contribution in [3.8, 4) is 22.6 Å². The second-order valence-electron chi connectivity index (χ2n) is 10.2. The molecule has 0 saturated carbocycles. The summed E-state index contributed by atoms with van der Waals surface area (Å²) in [6.45, 7) is 6.91. The molecule has 1 atom stereocenters. The minimum absolute atomic E-state index is 0.316. The standard InChI is InChI=1S/C35H42O7/c1-4-6-8-10-24-39-26(3)33(36)41-31-22-18-30(19-23-31)35(38)42-32-20-16-28(17-21-32)27-12-14-29(15-13-27)34(37)40-25-11-9-7-5-2/h12-23,26H,4-11,24-25H2,1-3H3/t26-/m0/s1. The van der Waals surface area contributed by atoms with Crippen molar-refractivity contribution in [2.24, 2.45) is 0 Å². The molecule has 7 heteroatoms. The molecule has 0 saturated heterocycles. The minimum Gasteiger partial charge on any atom is -0.462 e. The van der Waals surface area contributed by atoms with Crippen molar-refractivity contribution in [1.82, 2.24) is 0 Å². The van der Waals surface area contributed by atoms with Crippen molar-refractivity contribution in [2.45, 2.75) is 78.2 Å². The normalized spacial score (nSPS) is 11.5. The molecular formula is C35H42O7. The summed E-state index contributed by atoms with van der Waals surface area (Å²) < 4.78 is 21.8. The molecule has 0 heterocycles. The first kappa shape index (κ1) is 32.5. The molecule has 0 radical (unpaired) electrons. The molecular weight excluding hydrogens is 532 g/mol.